The molecule has 1 saturated carbocycles. The zero-order valence-electron chi connectivity index (χ0n) is 20.0. The Balaban J connectivity index is 1.89. The molecule has 0 radical (unpaired) electrons. The van der Waals surface area contributed by atoms with Crippen molar-refractivity contribution in [1.29, 1.82) is 0 Å². The van der Waals surface area contributed by atoms with Crippen molar-refractivity contribution in [2.75, 3.05) is 0 Å². The van der Waals surface area contributed by atoms with Gasteiger partial charge >= 0.3 is 24.1 Å². The molecule has 1 aromatic carbocycles. The van der Waals surface area contributed by atoms with Crippen molar-refractivity contribution in [1.82, 2.24) is 0 Å². The first-order valence-corrected chi connectivity index (χ1v) is 11.4. The molecule has 0 aromatic heterocycles. The summed E-state index contributed by atoms with van der Waals surface area (Å²) in [4.78, 5) is 47.1. The first-order chi connectivity index (χ1) is 16.0. The second-order valence-corrected chi connectivity index (χ2v) is 8.37. The lowest BCUT2D eigenvalue weighted by atomic mass is 9.98. The van der Waals surface area contributed by atoms with E-state index in [1.165, 1.54) is 26.0 Å². The molecule has 3 atom stereocenters. The van der Waals surface area contributed by atoms with Gasteiger partial charge in [-0.25, -0.2) is 4.79 Å². The standard InChI is InChI=1S/C24H33NO9/c1-14(15(2)31-24(29)34-19-8-6-5-7-9-19)30-23(28)20(25)12-18-10-11-21(32-16(3)26)22(13-18)33-17(4)27/h10-11,13-15,19-20H,5-9,12,25H2,1-4H3/t14-,15-,20-/m0/s1. The molecule has 0 spiro atoms. The van der Waals surface area contributed by atoms with Crippen molar-refractivity contribution in [3.05, 3.63) is 23.8 Å². The van der Waals surface area contributed by atoms with Gasteiger partial charge in [-0.15, -0.1) is 0 Å². The molecule has 10 heteroatoms. The summed E-state index contributed by atoms with van der Waals surface area (Å²) >= 11 is 0. The van der Waals surface area contributed by atoms with Crippen molar-refractivity contribution < 1.29 is 42.9 Å². The number of nitrogens with two attached hydrogens (primary N) is 1. The van der Waals surface area contributed by atoms with Crippen LogP contribution in [0.5, 0.6) is 11.5 Å². The van der Waals surface area contributed by atoms with Gasteiger partial charge < -0.3 is 29.4 Å². The van der Waals surface area contributed by atoms with Gasteiger partial charge in [-0.2, -0.15) is 0 Å². The van der Waals surface area contributed by atoms with Crippen LogP contribution in [0, 0.1) is 0 Å². The zero-order chi connectivity index (χ0) is 25.3. The average molecular weight is 480 g/mol. The van der Waals surface area contributed by atoms with Crippen LogP contribution in [-0.4, -0.2) is 48.4 Å². The van der Waals surface area contributed by atoms with Crippen LogP contribution in [0.15, 0.2) is 18.2 Å². The molecule has 1 aliphatic carbocycles. The van der Waals surface area contributed by atoms with Crippen LogP contribution < -0.4 is 15.2 Å². The SMILES string of the molecule is CC(=O)Oc1ccc(C[C@H](N)C(=O)O[C@@H](C)[C@H](C)OC(=O)OC2CCCCC2)cc1OC(C)=O. The molecule has 34 heavy (non-hydrogen) atoms. The third kappa shape index (κ3) is 9.01. The highest BCUT2D eigenvalue weighted by atomic mass is 16.7. The lowest BCUT2D eigenvalue weighted by Gasteiger charge is -2.25. The Bertz CT molecular complexity index is 879. The molecule has 1 fully saturated rings. The molecule has 10 nitrogen and oxygen atoms in total. The van der Waals surface area contributed by atoms with E-state index in [0.717, 1.165) is 32.1 Å². The highest BCUT2D eigenvalue weighted by Gasteiger charge is 2.26. The van der Waals surface area contributed by atoms with E-state index in [0.29, 0.717) is 5.56 Å². The Labute approximate surface area is 199 Å². The largest absolute Gasteiger partial charge is 0.508 e. The minimum atomic E-state index is -1.03. The van der Waals surface area contributed by atoms with Crippen molar-refractivity contribution in [2.45, 2.75) is 90.6 Å². The molecular weight excluding hydrogens is 446 g/mol. The first kappa shape index (κ1) is 27.1. The molecule has 0 unspecified atom stereocenters. The minimum absolute atomic E-state index is 0.0348. The van der Waals surface area contributed by atoms with Crippen LogP contribution in [0.1, 0.15) is 65.4 Å². The van der Waals surface area contributed by atoms with Gasteiger partial charge in [0.1, 0.15) is 24.4 Å². The molecule has 1 aromatic rings. The van der Waals surface area contributed by atoms with E-state index in [-0.39, 0.29) is 24.0 Å². The lowest BCUT2D eigenvalue weighted by molar-refractivity contribution is -0.156. The van der Waals surface area contributed by atoms with E-state index in [2.05, 4.69) is 0 Å². The maximum Gasteiger partial charge on any atom is 0.508 e. The topological polar surface area (TPSA) is 140 Å². The number of hydrogen-bond donors (Lipinski definition) is 1. The first-order valence-electron chi connectivity index (χ1n) is 11.4. The molecule has 2 rings (SSSR count). The Morgan fingerprint density at radius 3 is 2.12 bits per heavy atom. The third-order valence-electron chi connectivity index (χ3n) is 5.33. The van der Waals surface area contributed by atoms with Crippen LogP contribution in [0.25, 0.3) is 0 Å². The molecule has 0 amide bonds. The van der Waals surface area contributed by atoms with E-state index < -0.39 is 42.3 Å². The van der Waals surface area contributed by atoms with Gasteiger partial charge in [-0.1, -0.05) is 12.5 Å². The predicted octanol–water partition coefficient (Wildman–Crippen LogP) is 3.21. The van der Waals surface area contributed by atoms with Crippen LogP contribution in [0.4, 0.5) is 4.79 Å². The van der Waals surface area contributed by atoms with Crippen LogP contribution in [0.3, 0.4) is 0 Å². The van der Waals surface area contributed by atoms with Crippen molar-refractivity contribution >= 4 is 24.1 Å². The summed E-state index contributed by atoms with van der Waals surface area (Å²) < 4.78 is 26.0. The molecule has 0 bridgehead atoms. The minimum Gasteiger partial charge on any atom is -0.458 e. The fourth-order valence-corrected chi connectivity index (χ4v) is 3.45. The van der Waals surface area contributed by atoms with Gasteiger partial charge in [0, 0.05) is 13.8 Å². The van der Waals surface area contributed by atoms with E-state index in [9.17, 15) is 19.2 Å². The van der Waals surface area contributed by atoms with E-state index >= 15 is 0 Å². The van der Waals surface area contributed by atoms with Gasteiger partial charge in [-0.3, -0.25) is 14.4 Å². The Morgan fingerprint density at radius 1 is 0.912 bits per heavy atom. The maximum absolute atomic E-state index is 12.5. The third-order valence-corrected chi connectivity index (χ3v) is 5.33. The van der Waals surface area contributed by atoms with Crippen LogP contribution in [-0.2, 0) is 35.0 Å². The predicted molar refractivity (Wildman–Crippen MR) is 120 cm³/mol. The van der Waals surface area contributed by atoms with Crippen LogP contribution >= 0.6 is 0 Å². The molecule has 0 heterocycles. The quantitative estimate of drug-likeness (QED) is 0.414. The molecule has 188 valence electrons. The number of esters is 3. The highest BCUT2D eigenvalue weighted by Crippen LogP contribution is 2.29. The van der Waals surface area contributed by atoms with E-state index in [1.807, 2.05) is 0 Å². The summed E-state index contributed by atoms with van der Waals surface area (Å²) in [5, 5.41) is 0. The lowest BCUT2D eigenvalue weighted by Crippen LogP contribution is -2.39. The van der Waals surface area contributed by atoms with Crippen molar-refractivity contribution in [2.24, 2.45) is 5.73 Å². The van der Waals surface area contributed by atoms with Gasteiger partial charge in [-0.05, 0) is 63.6 Å². The molecule has 1 aliphatic rings. The second-order valence-electron chi connectivity index (χ2n) is 8.37. The monoisotopic (exact) mass is 479 g/mol. The Hall–Kier alpha value is -3.14. The van der Waals surface area contributed by atoms with Crippen molar-refractivity contribution in [3.8, 4) is 11.5 Å². The van der Waals surface area contributed by atoms with Gasteiger partial charge in [0.05, 0.1) is 0 Å². The molecule has 2 N–H and O–H groups in total. The average Bonchev–Trinajstić information content (AvgIpc) is 2.75. The number of rotatable bonds is 9. The Morgan fingerprint density at radius 2 is 1.50 bits per heavy atom. The summed E-state index contributed by atoms with van der Waals surface area (Å²) in [5.41, 5.74) is 6.55. The summed E-state index contributed by atoms with van der Waals surface area (Å²) in [6.07, 6.45) is 2.50. The van der Waals surface area contributed by atoms with Crippen LogP contribution in [0.2, 0.25) is 0 Å². The maximum atomic E-state index is 12.5. The summed E-state index contributed by atoms with van der Waals surface area (Å²) in [7, 11) is 0. The second kappa shape index (κ2) is 12.9. The van der Waals surface area contributed by atoms with Crippen molar-refractivity contribution in [3.63, 3.8) is 0 Å². The number of ether oxygens (including phenoxy) is 5. The number of hydrogen-bond acceptors (Lipinski definition) is 10. The smallest absolute Gasteiger partial charge is 0.458 e. The van der Waals surface area contributed by atoms with Gasteiger partial charge in [0.2, 0.25) is 0 Å². The number of carbonyl (C=O) groups excluding carboxylic acids is 4. The number of carbonyl (C=O) groups is 4. The van der Waals surface area contributed by atoms with Gasteiger partial charge in [0.25, 0.3) is 0 Å². The van der Waals surface area contributed by atoms with E-state index in [1.54, 1.807) is 19.9 Å². The van der Waals surface area contributed by atoms with E-state index in [4.69, 9.17) is 29.4 Å². The number of benzene rings is 1. The highest BCUT2D eigenvalue weighted by molar-refractivity contribution is 5.76. The Kier molecular flexibility index (Phi) is 10.3. The normalized spacial score (nSPS) is 16.5. The summed E-state index contributed by atoms with van der Waals surface area (Å²) in [5.74, 6) is -1.76. The molecular formula is C24H33NO9. The fourth-order valence-electron chi connectivity index (χ4n) is 3.45. The van der Waals surface area contributed by atoms with Gasteiger partial charge in [0.15, 0.2) is 11.5 Å². The molecule has 0 saturated heterocycles. The zero-order valence-corrected chi connectivity index (χ0v) is 20.0. The molecule has 0 aliphatic heterocycles. The fraction of sp³-hybridized carbons (Fsp3) is 0.583. The summed E-state index contributed by atoms with van der Waals surface area (Å²) in [6, 6.07) is 3.47. The summed E-state index contributed by atoms with van der Waals surface area (Å²) in [6.45, 7) is 5.63.